The van der Waals surface area contributed by atoms with E-state index in [0.29, 0.717) is 19.2 Å². The molecule has 1 aliphatic heterocycles. The number of nitrogens with one attached hydrogen (secondary N) is 2. The number of hydrogen-bond acceptors (Lipinski definition) is 5. The van der Waals surface area contributed by atoms with Gasteiger partial charge >= 0.3 is 0 Å². The quantitative estimate of drug-likeness (QED) is 0.367. The Bertz CT molecular complexity index is 525. The van der Waals surface area contributed by atoms with E-state index in [4.69, 9.17) is 4.74 Å². The van der Waals surface area contributed by atoms with Gasteiger partial charge in [0.05, 0.1) is 19.0 Å². The molecule has 1 saturated carbocycles. The lowest BCUT2D eigenvalue weighted by molar-refractivity contribution is 0.119. The average Bonchev–Trinajstić information content (AvgIpc) is 2.64. The van der Waals surface area contributed by atoms with Crippen LogP contribution in [0.3, 0.4) is 0 Å². The SMILES string of the molecule is CN=C(NCCOCCS(C)(=O)=O)NC1CCN(C2CCCCC2)CC1. The van der Waals surface area contributed by atoms with Gasteiger partial charge in [0.15, 0.2) is 5.96 Å². The molecule has 2 rings (SSSR count). The number of nitrogens with zero attached hydrogens (tertiary/aromatic N) is 2. The molecule has 1 aliphatic carbocycles. The maximum atomic E-state index is 11.0. The Morgan fingerprint density at radius 1 is 1.12 bits per heavy atom. The molecule has 0 unspecified atom stereocenters. The molecule has 0 aromatic rings. The van der Waals surface area contributed by atoms with E-state index in [1.54, 1.807) is 7.05 Å². The van der Waals surface area contributed by atoms with Crippen molar-refractivity contribution in [3.8, 4) is 0 Å². The summed E-state index contributed by atoms with van der Waals surface area (Å²) in [6.45, 7) is 3.68. The van der Waals surface area contributed by atoms with E-state index in [2.05, 4.69) is 20.5 Å². The zero-order valence-electron chi connectivity index (χ0n) is 16.4. The van der Waals surface area contributed by atoms with Crippen molar-refractivity contribution in [2.24, 2.45) is 4.99 Å². The summed E-state index contributed by atoms with van der Waals surface area (Å²) in [5.74, 6) is 0.868. The first kappa shape index (κ1) is 21.4. The van der Waals surface area contributed by atoms with Gasteiger partial charge in [-0.2, -0.15) is 0 Å². The first-order valence-corrected chi connectivity index (χ1v) is 12.0. The Morgan fingerprint density at radius 2 is 1.81 bits per heavy atom. The van der Waals surface area contributed by atoms with E-state index in [1.807, 2.05) is 0 Å². The maximum Gasteiger partial charge on any atom is 0.191 e. The van der Waals surface area contributed by atoms with Gasteiger partial charge in [-0.1, -0.05) is 19.3 Å². The van der Waals surface area contributed by atoms with Crippen molar-refractivity contribution in [2.75, 3.05) is 51.9 Å². The summed E-state index contributed by atoms with van der Waals surface area (Å²) in [7, 11) is -1.18. The van der Waals surface area contributed by atoms with Crippen LogP contribution in [0.4, 0.5) is 0 Å². The van der Waals surface area contributed by atoms with Gasteiger partial charge in [0, 0.05) is 45.0 Å². The highest BCUT2D eigenvalue weighted by atomic mass is 32.2. The van der Waals surface area contributed by atoms with E-state index in [-0.39, 0.29) is 12.4 Å². The molecule has 0 atom stereocenters. The minimum Gasteiger partial charge on any atom is -0.379 e. The molecule has 1 saturated heterocycles. The third-order valence-electron chi connectivity index (χ3n) is 5.32. The number of rotatable bonds is 8. The third-order valence-corrected chi connectivity index (χ3v) is 6.23. The average molecular weight is 389 g/mol. The van der Waals surface area contributed by atoms with E-state index in [0.717, 1.165) is 24.8 Å². The smallest absolute Gasteiger partial charge is 0.191 e. The number of piperidine rings is 1. The van der Waals surface area contributed by atoms with Gasteiger partial charge in [-0.15, -0.1) is 0 Å². The van der Waals surface area contributed by atoms with Crippen LogP contribution in [0.15, 0.2) is 4.99 Å². The second-order valence-corrected chi connectivity index (χ2v) is 9.75. The number of aliphatic imine (C=N–C) groups is 1. The highest BCUT2D eigenvalue weighted by Gasteiger charge is 2.26. The first-order chi connectivity index (χ1) is 12.5. The summed E-state index contributed by atoms with van der Waals surface area (Å²) < 4.78 is 27.4. The molecule has 0 radical (unpaired) electrons. The van der Waals surface area contributed by atoms with Crippen LogP contribution in [-0.4, -0.2) is 83.3 Å². The molecule has 1 heterocycles. The third kappa shape index (κ3) is 8.22. The van der Waals surface area contributed by atoms with Gasteiger partial charge in [-0.05, 0) is 25.7 Å². The number of hydrogen-bond donors (Lipinski definition) is 2. The van der Waals surface area contributed by atoms with Crippen molar-refractivity contribution in [1.29, 1.82) is 0 Å². The Labute approximate surface area is 158 Å². The van der Waals surface area contributed by atoms with Crippen molar-refractivity contribution in [2.45, 2.75) is 57.0 Å². The maximum absolute atomic E-state index is 11.0. The lowest BCUT2D eigenvalue weighted by Gasteiger charge is -2.39. The van der Waals surface area contributed by atoms with Gasteiger partial charge in [-0.3, -0.25) is 4.99 Å². The summed E-state index contributed by atoms with van der Waals surface area (Å²) >= 11 is 0. The Kier molecular flexibility index (Phi) is 9.15. The van der Waals surface area contributed by atoms with E-state index in [9.17, 15) is 8.42 Å². The van der Waals surface area contributed by atoms with Crippen molar-refractivity contribution < 1.29 is 13.2 Å². The van der Waals surface area contributed by atoms with Gasteiger partial charge in [-0.25, -0.2) is 8.42 Å². The Morgan fingerprint density at radius 3 is 2.42 bits per heavy atom. The highest BCUT2D eigenvalue weighted by Crippen LogP contribution is 2.25. The van der Waals surface area contributed by atoms with Crippen LogP contribution in [0.5, 0.6) is 0 Å². The number of sulfone groups is 1. The molecule has 8 heteroatoms. The molecule has 2 aliphatic rings. The molecule has 0 aromatic carbocycles. The highest BCUT2D eigenvalue weighted by molar-refractivity contribution is 7.90. The van der Waals surface area contributed by atoms with Gasteiger partial charge in [0.1, 0.15) is 9.84 Å². The van der Waals surface area contributed by atoms with Crippen LogP contribution in [0.1, 0.15) is 44.9 Å². The minimum atomic E-state index is -2.95. The van der Waals surface area contributed by atoms with Gasteiger partial charge in [0.2, 0.25) is 0 Å². The first-order valence-electron chi connectivity index (χ1n) is 9.94. The summed E-state index contributed by atoms with van der Waals surface area (Å²) in [5.41, 5.74) is 0. The normalized spacial score (nSPS) is 21.7. The van der Waals surface area contributed by atoms with E-state index in [1.165, 1.54) is 51.4 Å². The molecule has 152 valence electrons. The molecule has 2 fully saturated rings. The fraction of sp³-hybridized carbons (Fsp3) is 0.944. The summed E-state index contributed by atoms with van der Waals surface area (Å²) in [6, 6.07) is 1.28. The predicted octanol–water partition coefficient (Wildman–Crippen LogP) is 1.01. The van der Waals surface area contributed by atoms with Crippen LogP contribution in [-0.2, 0) is 14.6 Å². The molecular weight excluding hydrogens is 352 g/mol. The van der Waals surface area contributed by atoms with E-state index < -0.39 is 9.84 Å². The molecule has 0 bridgehead atoms. The van der Waals surface area contributed by atoms with Crippen LogP contribution in [0, 0.1) is 0 Å². The van der Waals surface area contributed by atoms with Crippen LogP contribution in [0.2, 0.25) is 0 Å². The van der Waals surface area contributed by atoms with Crippen molar-refractivity contribution in [3.63, 3.8) is 0 Å². The number of likely N-dealkylation sites (tertiary alicyclic amines) is 1. The van der Waals surface area contributed by atoms with Crippen LogP contribution >= 0.6 is 0 Å². The minimum absolute atomic E-state index is 0.0690. The number of ether oxygens (including phenoxy) is 1. The van der Waals surface area contributed by atoms with Crippen molar-refractivity contribution >= 4 is 15.8 Å². The lowest BCUT2D eigenvalue weighted by Crippen LogP contribution is -2.51. The largest absolute Gasteiger partial charge is 0.379 e. The fourth-order valence-corrected chi connectivity index (χ4v) is 4.22. The zero-order chi connectivity index (χ0) is 18.8. The summed E-state index contributed by atoms with van der Waals surface area (Å²) in [4.78, 5) is 6.96. The predicted molar refractivity (Wildman–Crippen MR) is 106 cm³/mol. The van der Waals surface area contributed by atoms with Gasteiger partial charge in [0.25, 0.3) is 0 Å². The molecule has 7 nitrogen and oxygen atoms in total. The lowest BCUT2D eigenvalue weighted by atomic mass is 9.92. The summed E-state index contributed by atoms with van der Waals surface area (Å²) in [6.07, 6.45) is 10.5. The summed E-state index contributed by atoms with van der Waals surface area (Å²) in [5, 5.41) is 6.74. The molecule has 0 spiro atoms. The Hall–Kier alpha value is -0.860. The molecular formula is C18H36N4O3S. The molecule has 26 heavy (non-hydrogen) atoms. The van der Waals surface area contributed by atoms with E-state index >= 15 is 0 Å². The second-order valence-electron chi connectivity index (χ2n) is 7.49. The zero-order valence-corrected chi connectivity index (χ0v) is 17.2. The monoisotopic (exact) mass is 388 g/mol. The van der Waals surface area contributed by atoms with Crippen LogP contribution in [0.25, 0.3) is 0 Å². The fourth-order valence-electron chi connectivity index (χ4n) is 3.80. The molecule has 0 aromatic heterocycles. The van der Waals surface area contributed by atoms with Crippen LogP contribution < -0.4 is 10.6 Å². The number of guanidine groups is 1. The van der Waals surface area contributed by atoms with Crippen molar-refractivity contribution in [1.82, 2.24) is 15.5 Å². The standard InChI is InChI=1S/C18H36N4O3S/c1-19-18(20-10-13-25-14-15-26(2,23)24)21-16-8-11-22(12-9-16)17-6-4-3-5-7-17/h16-17H,3-15H2,1-2H3,(H2,19,20,21). The molecule has 2 N–H and O–H groups in total. The van der Waals surface area contributed by atoms with Crippen molar-refractivity contribution in [3.05, 3.63) is 0 Å². The second kappa shape index (κ2) is 11.1. The molecule has 0 amide bonds. The Balaban J connectivity index is 1.58. The van der Waals surface area contributed by atoms with Gasteiger partial charge < -0.3 is 20.3 Å². The topological polar surface area (TPSA) is 83.0 Å².